The molecule has 0 radical (unpaired) electrons. The van der Waals surface area contributed by atoms with E-state index in [1.54, 1.807) is 0 Å². The highest BCUT2D eigenvalue weighted by molar-refractivity contribution is 4.78. The molecule has 2 aliphatic heterocycles. The molecule has 18 heavy (non-hydrogen) atoms. The first kappa shape index (κ1) is 14.3. The largest absolute Gasteiger partial charge is 0.376 e. The van der Waals surface area contributed by atoms with Crippen LogP contribution in [0.4, 0.5) is 0 Å². The summed E-state index contributed by atoms with van der Waals surface area (Å²) in [4.78, 5) is 2.59. The van der Waals surface area contributed by atoms with Gasteiger partial charge in [-0.25, -0.2) is 0 Å². The third-order valence-electron chi connectivity index (χ3n) is 4.01. The lowest BCUT2D eigenvalue weighted by atomic mass is 10.1. The number of hydrogen-bond acceptors (Lipinski definition) is 4. The lowest BCUT2D eigenvalue weighted by Crippen LogP contribution is -2.42. The summed E-state index contributed by atoms with van der Waals surface area (Å²) >= 11 is 0. The molecule has 2 atom stereocenters. The molecule has 2 heterocycles. The molecule has 2 fully saturated rings. The summed E-state index contributed by atoms with van der Waals surface area (Å²) in [6.07, 6.45) is 4.10. The summed E-state index contributed by atoms with van der Waals surface area (Å²) in [6.45, 7) is 10.2. The number of nitrogens with one attached hydrogen (secondary N) is 1. The number of likely N-dealkylation sites (tertiary alicyclic amines) is 1. The molecule has 0 amide bonds. The second-order valence-corrected chi connectivity index (χ2v) is 5.73. The third-order valence-corrected chi connectivity index (χ3v) is 4.01. The highest BCUT2D eigenvalue weighted by Crippen LogP contribution is 2.13. The van der Waals surface area contributed by atoms with E-state index in [4.69, 9.17) is 9.47 Å². The zero-order valence-electron chi connectivity index (χ0n) is 11.9. The van der Waals surface area contributed by atoms with Crippen LogP contribution in [0.25, 0.3) is 0 Å². The Morgan fingerprint density at radius 1 is 1.22 bits per heavy atom. The van der Waals surface area contributed by atoms with Gasteiger partial charge < -0.3 is 19.7 Å². The summed E-state index contributed by atoms with van der Waals surface area (Å²) in [6, 6.07) is 1.33. The Hall–Kier alpha value is -0.160. The van der Waals surface area contributed by atoms with Crippen molar-refractivity contribution < 1.29 is 9.47 Å². The maximum absolute atomic E-state index is 5.66. The number of ether oxygens (including phenoxy) is 2. The molecule has 0 aromatic heterocycles. The maximum atomic E-state index is 5.66. The molecule has 4 nitrogen and oxygen atoms in total. The van der Waals surface area contributed by atoms with Crippen LogP contribution in [-0.4, -0.2) is 62.5 Å². The van der Waals surface area contributed by atoms with E-state index in [-0.39, 0.29) is 6.10 Å². The number of nitrogens with zero attached hydrogens (tertiary/aromatic N) is 1. The molecule has 0 spiro atoms. The van der Waals surface area contributed by atoms with Crippen molar-refractivity contribution in [2.24, 2.45) is 0 Å². The van der Waals surface area contributed by atoms with Crippen LogP contribution in [0, 0.1) is 0 Å². The van der Waals surface area contributed by atoms with Gasteiger partial charge in [-0.1, -0.05) is 0 Å². The predicted molar refractivity (Wildman–Crippen MR) is 72.9 cm³/mol. The Kier molecular flexibility index (Phi) is 5.89. The Bertz CT molecular complexity index is 230. The van der Waals surface area contributed by atoms with Crippen molar-refractivity contribution in [2.45, 2.75) is 51.3 Å². The van der Waals surface area contributed by atoms with Gasteiger partial charge >= 0.3 is 0 Å². The monoisotopic (exact) mass is 256 g/mol. The predicted octanol–water partition coefficient (Wildman–Crippen LogP) is 1.25. The van der Waals surface area contributed by atoms with Crippen LogP contribution in [-0.2, 0) is 9.47 Å². The molecular weight excluding hydrogens is 228 g/mol. The average molecular weight is 256 g/mol. The van der Waals surface area contributed by atoms with Crippen molar-refractivity contribution >= 4 is 0 Å². The molecule has 4 heteroatoms. The van der Waals surface area contributed by atoms with Crippen molar-refractivity contribution in [1.82, 2.24) is 10.2 Å². The van der Waals surface area contributed by atoms with Crippen LogP contribution >= 0.6 is 0 Å². The molecule has 0 bridgehead atoms. The van der Waals surface area contributed by atoms with Crippen LogP contribution in [0.3, 0.4) is 0 Å². The first-order valence-electron chi connectivity index (χ1n) is 7.42. The van der Waals surface area contributed by atoms with Gasteiger partial charge in [-0.05, 0) is 46.2 Å². The molecule has 0 aromatic carbocycles. The smallest absolute Gasteiger partial charge is 0.0933 e. The van der Waals surface area contributed by atoms with Crippen LogP contribution in [0.2, 0.25) is 0 Å². The Morgan fingerprint density at radius 3 is 2.83 bits per heavy atom. The summed E-state index contributed by atoms with van der Waals surface area (Å²) in [5.41, 5.74) is 0. The van der Waals surface area contributed by atoms with E-state index in [1.165, 1.54) is 32.4 Å². The molecule has 0 aliphatic carbocycles. The van der Waals surface area contributed by atoms with Crippen LogP contribution in [0.15, 0.2) is 0 Å². The first-order chi connectivity index (χ1) is 8.75. The second-order valence-electron chi connectivity index (χ2n) is 5.73. The van der Waals surface area contributed by atoms with E-state index < -0.39 is 0 Å². The quantitative estimate of drug-likeness (QED) is 0.821. The van der Waals surface area contributed by atoms with Crippen molar-refractivity contribution in [1.29, 1.82) is 0 Å². The van der Waals surface area contributed by atoms with E-state index in [0.29, 0.717) is 12.1 Å². The van der Waals surface area contributed by atoms with Crippen molar-refractivity contribution in [2.75, 3.05) is 39.5 Å². The SMILES string of the molecule is CC(C)N1CCCC(NCC2COCCO2)CC1. The molecule has 2 saturated heterocycles. The van der Waals surface area contributed by atoms with Gasteiger partial charge in [-0.2, -0.15) is 0 Å². The van der Waals surface area contributed by atoms with Crippen molar-refractivity contribution in [3.8, 4) is 0 Å². The Morgan fingerprint density at radius 2 is 2.11 bits per heavy atom. The minimum absolute atomic E-state index is 0.253. The van der Waals surface area contributed by atoms with Gasteiger partial charge in [0.1, 0.15) is 0 Å². The van der Waals surface area contributed by atoms with Gasteiger partial charge in [-0.15, -0.1) is 0 Å². The summed E-state index contributed by atoms with van der Waals surface area (Å²) < 4.78 is 11.1. The van der Waals surface area contributed by atoms with Gasteiger partial charge in [0.05, 0.1) is 25.9 Å². The van der Waals surface area contributed by atoms with Gasteiger partial charge in [-0.3, -0.25) is 0 Å². The summed E-state index contributed by atoms with van der Waals surface area (Å²) in [5, 5.41) is 3.66. The van der Waals surface area contributed by atoms with Crippen LogP contribution < -0.4 is 5.32 Å². The van der Waals surface area contributed by atoms with E-state index in [0.717, 1.165) is 26.4 Å². The molecule has 0 aromatic rings. The Labute approximate surface area is 111 Å². The highest BCUT2D eigenvalue weighted by Gasteiger charge is 2.20. The zero-order chi connectivity index (χ0) is 12.8. The fourth-order valence-corrected chi connectivity index (χ4v) is 2.79. The van der Waals surface area contributed by atoms with Crippen molar-refractivity contribution in [3.05, 3.63) is 0 Å². The Balaban J connectivity index is 1.66. The fourth-order valence-electron chi connectivity index (χ4n) is 2.79. The molecule has 0 saturated carbocycles. The lowest BCUT2D eigenvalue weighted by molar-refractivity contribution is -0.0871. The molecule has 2 rings (SSSR count). The highest BCUT2D eigenvalue weighted by atomic mass is 16.6. The van der Waals surface area contributed by atoms with Gasteiger partial charge in [0.2, 0.25) is 0 Å². The molecule has 1 N–H and O–H groups in total. The lowest BCUT2D eigenvalue weighted by Gasteiger charge is -2.26. The van der Waals surface area contributed by atoms with Crippen LogP contribution in [0.5, 0.6) is 0 Å². The molecule has 2 unspecified atom stereocenters. The second kappa shape index (κ2) is 7.43. The minimum Gasteiger partial charge on any atom is -0.376 e. The van der Waals surface area contributed by atoms with Crippen molar-refractivity contribution in [3.63, 3.8) is 0 Å². The van der Waals surface area contributed by atoms with E-state index in [1.807, 2.05) is 0 Å². The first-order valence-corrected chi connectivity index (χ1v) is 7.42. The third kappa shape index (κ3) is 4.50. The van der Waals surface area contributed by atoms with Gasteiger partial charge in [0, 0.05) is 18.6 Å². The standard InChI is InChI=1S/C14H28N2O2/c1-12(2)16-6-3-4-13(5-7-16)15-10-14-11-17-8-9-18-14/h12-15H,3-11H2,1-2H3. The van der Waals surface area contributed by atoms with Crippen LogP contribution in [0.1, 0.15) is 33.1 Å². The van der Waals surface area contributed by atoms with E-state index >= 15 is 0 Å². The van der Waals surface area contributed by atoms with E-state index in [2.05, 4.69) is 24.1 Å². The zero-order valence-corrected chi connectivity index (χ0v) is 11.9. The topological polar surface area (TPSA) is 33.7 Å². The fraction of sp³-hybridized carbons (Fsp3) is 1.00. The number of hydrogen-bond donors (Lipinski definition) is 1. The molecule has 106 valence electrons. The summed E-state index contributed by atoms with van der Waals surface area (Å²) in [5.74, 6) is 0. The van der Waals surface area contributed by atoms with Gasteiger partial charge in [0.15, 0.2) is 0 Å². The number of rotatable bonds is 4. The molecular formula is C14H28N2O2. The van der Waals surface area contributed by atoms with E-state index in [9.17, 15) is 0 Å². The normalized spacial score (nSPS) is 31.5. The van der Waals surface area contributed by atoms with Gasteiger partial charge in [0.25, 0.3) is 0 Å². The molecule has 2 aliphatic rings. The maximum Gasteiger partial charge on any atom is 0.0933 e. The average Bonchev–Trinajstić information content (AvgIpc) is 2.63. The summed E-state index contributed by atoms with van der Waals surface area (Å²) in [7, 11) is 0. The minimum atomic E-state index is 0.253.